The van der Waals surface area contributed by atoms with Gasteiger partial charge in [0, 0.05) is 11.1 Å². The van der Waals surface area contributed by atoms with Crippen LogP contribution in [0.15, 0.2) is 18.2 Å². The van der Waals surface area contributed by atoms with E-state index in [1.807, 2.05) is 12.1 Å². The van der Waals surface area contributed by atoms with Crippen molar-refractivity contribution in [2.24, 2.45) is 17.8 Å². The van der Waals surface area contributed by atoms with Crippen LogP contribution in [0.25, 0.3) is 0 Å². The minimum absolute atomic E-state index is 0.00433. The Bertz CT molecular complexity index is 800. The number of hydrogen-bond donors (Lipinski definition) is 0. The van der Waals surface area contributed by atoms with Gasteiger partial charge in [-0.1, -0.05) is 25.3 Å². The highest BCUT2D eigenvalue weighted by Gasteiger charge is 2.65. The molecule has 2 bridgehead atoms. The average Bonchev–Trinajstić information content (AvgIpc) is 3.27. The predicted octanol–water partition coefficient (Wildman–Crippen LogP) is 2.73. The third kappa shape index (κ3) is 2.26. The Morgan fingerprint density at radius 2 is 2.00 bits per heavy atom. The first-order valence-corrected chi connectivity index (χ1v) is 8.94. The van der Waals surface area contributed by atoms with E-state index in [0.717, 1.165) is 18.4 Å². The van der Waals surface area contributed by atoms with E-state index in [2.05, 4.69) is 18.8 Å². The van der Waals surface area contributed by atoms with Crippen molar-refractivity contribution in [1.82, 2.24) is 0 Å². The van der Waals surface area contributed by atoms with Gasteiger partial charge >= 0.3 is 0 Å². The largest absolute Gasteiger partial charge is 0.496 e. The molecule has 2 saturated heterocycles. The maximum Gasteiger partial charge on any atom is 0.154 e. The van der Waals surface area contributed by atoms with Crippen LogP contribution in [0.5, 0.6) is 5.75 Å². The van der Waals surface area contributed by atoms with E-state index in [0.29, 0.717) is 17.2 Å². The molecule has 6 atom stereocenters. The zero-order valence-electron chi connectivity index (χ0n) is 14.7. The number of benzene rings is 1. The molecule has 0 radical (unpaired) electrons. The summed E-state index contributed by atoms with van der Waals surface area (Å²) in [6.45, 7) is 3.89. The van der Waals surface area contributed by atoms with Crippen molar-refractivity contribution in [2.75, 3.05) is 7.11 Å². The first-order chi connectivity index (χ1) is 12.1. The Morgan fingerprint density at radius 3 is 2.68 bits per heavy atom. The molecular formula is C21H22O4. The normalized spacial score (nSPS) is 35.5. The lowest BCUT2D eigenvalue weighted by Gasteiger charge is -2.24. The van der Waals surface area contributed by atoms with Gasteiger partial charge in [-0.2, -0.15) is 0 Å². The Kier molecular flexibility index (Phi) is 3.92. The maximum atomic E-state index is 13.1. The van der Waals surface area contributed by atoms with E-state index in [1.54, 1.807) is 20.1 Å². The molecule has 1 unspecified atom stereocenters. The molecule has 1 aromatic rings. The molecular weight excluding hydrogens is 316 g/mol. The molecule has 0 amide bonds. The van der Waals surface area contributed by atoms with E-state index in [9.17, 15) is 9.59 Å². The van der Waals surface area contributed by atoms with E-state index in [1.165, 1.54) is 0 Å². The van der Waals surface area contributed by atoms with Crippen LogP contribution in [-0.2, 0) is 14.3 Å². The Labute approximate surface area is 147 Å². The second-order valence-electron chi connectivity index (χ2n) is 7.16. The molecule has 0 aromatic heterocycles. The number of hydrogen-bond acceptors (Lipinski definition) is 4. The summed E-state index contributed by atoms with van der Waals surface area (Å²) < 4.78 is 11.5. The monoisotopic (exact) mass is 338 g/mol. The van der Waals surface area contributed by atoms with Crippen LogP contribution in [0.1, 0.15) is 43.7 Å². The van der Waals surface area contributed by atoms with Crippen LogP contribution < -0.4 is 4.74 Å². The van der Waals surface area contributed by atoms with Gasteiger partial charge in [0.05, 0.1) is 31.2 Å². The second kappa shape index (κ2) is 6.00. The number of rotatable bonds is 3. The lowest BCUT2D eigenvalue weighted by molar-refractivity contribution is -0.127. The van der Waals surface area contributed by atoms with Crippen LogP contribution in [0.3, 0.4) is 0 Å². The molecule has 2 aliphatic heterocycles. The standard InChI is InChI=1S/C21H22O4/c1-4-6-11-7-8-13(14(9-11)24-3)16-19(22)17-15-10-12(5-2)21(25-15)18(17)20(16)23/h7-9,12,15-18,21H,5,10H2,1-3H3/t12-,15-,16?,17-,18+,21+/m1/s1. The van der Waals surface area contributed by atoms with Crippen molar-refractivity contribution in [1.29, 1.82) is 0 Å². The molecule has 3 fully saturated rings. The summed E-state index contributed by atoms with van der Waals surface area (Å²) in [6.07, 6.45) is 1.72. The van der Waals surface area contributed by atoms with Crippen LogP contribution in [-0.4, -0.2) is 30.9 Å². The fourth-order valence-corrected chi connectivity index (χ4v) is 4.95. The van der Waals surface area contributed by atoms with Crippen LogP contribution in [0, 0.1) is 29.6 Å². The summed E-state index contributed by atoms with van der Waals surface area (Å²) in [5.74, 6) is 5.52. The number of carbonyl (C=O) groups excluding carboxylic acids is 2. The highest BCUT2D eigenvalue weighted by molar-refractivity contribution is 6.17. The topological polar surface area (TPSA) is 52.6 Å². The number of carbonyl (C=O) groups is 2. The summed E-state index contributed by atoms with van der Waals surface area (Å²) in [5, 5.41) is 0. The molecule has 1 aromatic carbocycles. The van der Waals surface area contributed by atoms with Crippen LogP contribution >= 0.6 is 0 Å². The first-order valence-electron chi connectivity index (χ1n) is 8.94. The van der Waals surface area contributed by atoms with Crippen molar-refractivity contribution in [2.45, 2.75) is 44.8 Å². The van der Waals surface area contributed by atoms with E-state index < -0.39 is 5.92 Å². The fraction of sp³-hybridized carbons (Fsp3) is 0.524. The lowest BCUT2D eigenvalue weighted by Crippen LogP contribution is -2.34. The quantitative estimate of drug-likeness (QED) is 0.628. The number of Topliss-reactive ketones (excluding diaryl/α,β-unsaturated/α-hetero) is 2. The number of ketones is 2. The SMILES string of the molecule is CC#Cc1ccc(C2C(=O)[C@H]3[C@H]4O[C@H](C[C@H]4CC)[C@H]3C2=O)c(OC)c1. The molecule has 0 N–H and O–H groups in total. The molecule has 3 aliphatic rings. The first kappa shape index (κ1) is 16.4. The fourth-order valence-electron chi connectivity index (χ4n) is 4.95. The van der Waals surface area contributed by atoms with Gasteiger partial charge in [0.1, 0.15) is 11.7 Å². The number of methoxy groups -OCH3 is 1. The lowest BCUT2D eigenvalue weighted by atomic mass is 9.74. The van der Waals surface area contributed by atoms with Gasteiger partial charge in [-0.05, 0) is 31.4 Å². The Balaban J connectivity index is 1.72. The van der Waals surface area contributed by atoms with Gasteiger partial charge in [0.15, 0.2) is 11.6 Å². The molecule has 130 valence electrons. The zero-order valence-corrected chi connectivity index (χ0v) is 14.7. The third-order valence-electron chi connectivity index (χ3n) is 6.04. The Hall–Kier alpha value is -2.12. The molecule has 2 heterocycles. The second-order valence-corrected chi connectivity index (χ2v) is 7.16. The van der Waals surface area contributed by atoms with Gasteiger partial charge in [0.2, 0.25) is 0 Å². The summed E-state index contributed by atoms with van der Waals surface area (Å²) in [5.41, 5.74) is 1.48. The van der Waals surface area contributed by atoms with E-state index >= 15 is 0 Å². The summed E-state index contributed by atoms with van der Waals surface area (Å²) in [4.78, 5) is 26.2. The molecule has 1 aliphatic carbocycles. The van der Waals surface area contributed by atoms with Gasteiger partial charge in [-0.15, -0.1) is 5.92 Å². The predicted molar refractivity (Wildman–Crippen MR) is 92.3 cm³/mol. The number of fused-ring (bicyclic) bond motifs is 5. The van der Waals surface area contributed by atoms with Crippen molar-refractivity contribution in [3.63, 3.8) is 0 Å². The van der Waals surface area contributed by atoms with Gasteiger partial charge < -0.3 is 9.47 Å². The van der Waals surface area contributed by atoms with Crippen molar-refractivity contribution in [3.05, 3.63) is 29.3 Å². The average molecular weight is 338 g/mol. The maximum absolute atomic E-state index is 13.1. The summed E-state index contributed by atoms with van der Waals surface area (Å²) in [6, 6.07) is 5.48. The number of ether oxygens (including phenoxy) is 2. The Morgan fingerprint density at radius 1 is 1.24 bits per heavy atom. The molecule has 0 spiro atoms. The van der Waals surface area contributed by atoms with Gasteiger partial charge in [-0.3, -0.25) is 9.59 Å². The van der Waals surface area contributed by atoms with Crippen molar-refractivity contribution < 1.29 is 19.1 Å². The van der Waals surface area contributed by atoms with Crippen LogP contribution in [0.4, 0.5) is 0 Å². The van der Waals surface area contributed by atoms with Crippen molar-refractivity contribution in [3.8, 4) is 17.6 Å². The highest BCUT2D eigenvalue weighted by atomic mass is 16.5. The molecule has 4 nitrogen and oxygen atoms in total. The van der Waals surface area contributed by atoms with Gasteiger partial charge in [-0.25, -0.2) is 0 Å². The third-order valence-corrected chi connectivity index (χ3v) is 6.04. The molecule has 4 rings (SSSR count). The zero-order chi connectivity index (χ0) is 17.7. The summed E-state index contributed by atoms with van der Waals surface area (Å²) in [7, 11) is 1.56. The van der Waals surface area contributed by atoms with E-state index in [-0.39, 0.29) is 35.6 Å². The minimum Gasteiger partial charge on any atom is -0.496 e. The smallest absolute Gasteiger partial charge is 0.154 e. The molecule has 25 heavy (non-hydrogen) atoms. The van der Waals surface area contributed by atoms with Gasteiger partial charge in [0.25, 0.3) is 0 Å². The molecule has 1 saturated carbocycles. The minimum atomic E-state index is -0.724. The molecule has 4 heteroatoms. The summed E-state index contributed by atoms with van der Waals surface area (Å²) >= 11 is 0. The van der Waals surface area contributed by atoms with E-state index in [4.69, 9.17) is 9.47 Å². The highest BCUT2D eigenvalue weighted by Crippen LogP contribution is 2.55. The van der Waals surface area contributed by atoms with Crippen LogP contribution in [0.2, 0.25) is 0 Å². The van der Waals surface area contributed by atoms with Crippen molar-refractivity contribution >= 4 is 11.6 Å².